The lowest BCUT2D eigenvalue weighted by molar-refractivity contribution is -0.147. The van der Waals surface area contributed by atoms with Crippen LogP contribution in [0.1, 0.15) is 44.7 Å². The van der Waals surface area contributed by atoms with Crippen molar-refractivity contribution in [1.82, 2.24) is 0 Å². The first kappa shape index (κ1) is 22.9. The second kappa shape index (κ2) is 8.95. The predicted molar refractivity (Wildman–Crippen MR) is 96.1 cm³/mol. The average Bonchev–Trinajstić information content (AvgIpc) is 3.22. The number of esters is 1. The first-order chi connectivity index (χ1) is 13.6. The Bertz CT molecular complexity index is 845. The lowest BCUT2D eigenvalue weighted by Crippen LogP contribution is -2.15. The SMILES string of the molecule is CCCC(C#N)=CC1C(C(=O)OCc2c(F)c(F)c(COC)c(F)c2F)C1(C)C. The molecule has 0 aliphatic heterocycles. The van der Waals surface area contributed by atoms with Gasteiger partial charge < -0.3 is 9.47 Å². The fourth-order valence-electron chi connectivity index (χ4n) is 3.45. The van der Waals surface area contributed by atoms with Crippen LogP contribution in [-0.4, -0.2) is 13.1 Å². The molecule has 1 fully saturated rings. The van der Waals surface area contributed by atoms with Gasteiger partial charge in [0.25, 0.3) is 0 Å². The number of nitrogens with zero attached hydrogens (tertiary/aromatic N) is 1. The van der Waals surface area contributed by atoms with Crippen LogP contribution in [0, 0.1) is 51.9 Å². The number of hydrogen-bond donors (Lipinski definition) is 0. The van der Waals surface area contributed by atoms with Gasteiger partial charge in [0.15, 0.2) is 23.3 Å². The van der Waals surface area contributed by atoms with E-state index in [1.165, 1.54) is 0 Å². The highest BCUT2D eigenvalue weighted by Gasteiger charge is 2.61. The van der Waals surface area contributed by atoms with Gasteiger partial charge in [-0.1, -0.05) is 33.3 Å². The molecule has 0 saturated heterocycles. The van der Waals surface area contributed by atoms with E-state index in [2.05, 4.69) is 10.8 Å². The highest BCUT2D eigenvalue weighted by molar-refractivity contribution is 5.78. The zero-order chi connectivity index (χ0) is 21.9. The van der Waals surface area contributed by atoms with Gasteiger partial charge in [-0.15, -0.1) is 0 Å². The van der Waals surface area contributed by atoms with E-state index in [1.807, 2.05) is 6.92 Å². The van der Waals surface area contributed by atoms with E-state index in [1.54, 1.807) is 19.9 Å². The summed E-state index contributed by atoms with van der Waals surface area (Å²) in [6.07, 6.45) is 3.07. The van der Waals surface area contributed by atoms with Crippen LogP contribution in [0.5, 0.6) is 0 Å². The molecule has 158 valence electrons. The number of methoxy groups -OCH3 is 1. The van der Waals surface area contributed by atoms with Crippen LogP contribution >= 0.6 is 0 Å². The Morgan fingerprint density at radius 3 is 2.07 bits per heavy atom. The first-order valence-electron chi connectivity index (χ1n) is 9.21. The topological polar surface area (TPSA) is 59.3 Å². The number of rotatable bonds is 8. The van der Waals surface area contributed by atoms with Gasteiger partial charge in [0, 0.05) is 12.7 Å². The summed E-state index contributed by atoms with van der Waals surface area (Å²) in [4.78, 5) is 12.4. The van der Waals surface area contributed by atoms with Crippen molar-refractivity contribution in [2.24, 2.45) is 17.3 Å². The molecule has 2 unspecified atom stereocenters. The van der Waals surface area contributed by atoms with Gasteiger partial charge in [0.05, 0.1) is 29.7 Å². The molecule has 1 aromatic rings. The predicted octanol–water partition coefficient (Wildman–Crippen LogP) is 4.95. The molecular weight excluding hydrogens is 390 g/mol. The fourth-order valence-corrected chi connectivity index (χ4v) is 3.45. The Morgan fingerprint density at radius 2 is 1.62 bits per heavy atom. The van der Waals surface area contributed by atoms with Crippen molar-refractivity contribution < 1.29 is 31.8 Å². The number of benzene rings is 1. The van der Waals surface area contributed by atoms with E-state index >= 15 is 0 Å². The number of ether oxygens (including phenoxy) is 2. The quantitative estimate of drug-likeness (QED) is 0.262. The number of hydrogen-bond acceptors (Lipinski definition) is 4. The van der Waals surface area contributed by atoms with Gasteiger partial charge >= 0.3 is 5.97 Å². The van der Waals surface area contributed by atoms with E-state index in [0.29, 0.717) is 12.0 Å². The molecule has 0 heterocycles. The van der Waals surface area contributed by atoms with Gasteiger partial charge in [-0.25, -0.2) is 17.6 Å². The minimum absolute atomic E-state index is 0.261. The summed E-state index contributed by atoms with van der Waals surface area (Å²) in [6.45, 7) is 3.95. The second-order valence-corrected chi connectivity index (χ2v) is 7.63. The zero-order valence-corrected chi connectivity index (χ0v) is 16.7. The standard InChI is InChI=1S/C21H23F4NO3/c1-5-6-11(8-26)7-14-15(21(14,2)3)20(27)29-10-13-18(24)16(22)12(9-28-4)17(23)19(13)25/h7,14-15H,5-6,9-10H2,1-4H3. The Balaban J connectivity index is 2.17. The van der Waals surface area contributed by atoms with Crippen LogP contribution in [0.4, 0.5) is 17.6 Å². The van der Waals surface area contributed by atoms with Gasteiger partial charge in [-0.05, 0) is 17.8 Å². The lowest BCUT2D eigenvalue weighted by atomic mass is 10.1. The van der Waals surface area contributed by atoms with Crippen molar-refractivity contribution in [3.63, 3.8) is 0 Å². The van der Waals surface area contributed by atoms with Gasteiger partial charge in [-0.2, -0.15) is 5.26 Å². The maximum Gasteiger partial charge on any atom is 0.310 e. The molecule has 1 aromatic carbocycles. The first-order valence-corrected chi connectivity index (χ1v) is 9.21. The van der Waals surface area contributed by atoms with E-state index in [9.17, 15) is 22.4 Å². The molecule has 0 aromatic heterocycles. The lowest BCUT2D eigenvalue weighted by Gasteiger charge is -2.12. The molecule has 0 N–H and O–H groups in total. The third-order valence-electron chi connectivity index (χ3n) is 5.30. The van der Waals surface area contributed by atoms with Crippen LogP contribution in [0.3, 0.4) is 0 Å². The van der Waals surface area contributed by atoms with Crippen LogP contribution in [-0.2, 0) is 27.5 Å². The molecule has 0 spiro atoms. The van der Waals surface area contributed by atoms with Crippen molar-refractivity contribution in [3.05, 3.63) is 46.0 Å². The van der Waals surface area contributed by atoms with Crippen LogP contribution < -0.4 is 0 Å². The molecule has 2 rings (SSSR count). The molecule has 2 atom stereocenters. The summed E-state index contributed by atoms with van der Waals surface area (Å²) in [6, 6.07) is 2.09. The summed E-state index contributed by atoms with van der Waals surface area (Å²) in [7, 11) is 1.13. The number of halogens is 4. The van der Waals surface area contributed by atoms with Crippen LogP contribution in [0.2, 0.25) is 0 Å². The summed E-state index contributed by atoms with van der Waals surface area (Å²) in [5.74, 6) is -8.02. The molecule has 0 amide bonds. The normalized spacial score (nSPS) is 20.3. The largest absolute Gasteiger partial charge is 0.460 e. The fraction of sp³-hybridized carbons (Fsp3) is 0.524. The van der Waals surface area contributed by atoms with Gasteiger partial charge in [0.1, 0.15) is 6.61 Å². The summed E-state index contributed by atoms with van der Waals surface area (Å²) >= 11 is 0. The number of carbonyl (C=O) groups is 1. The Hall–Kier alpha value is -2.40. The van der Waals surface area contributed by atoms with Crippen molar-refractivity contribution in [1.29, 1.82) is 5.26 Å². The van der Waals surface area contributed by atoms with Crippen molar-refractivity contribution in [2.45, 2.75) is 46.8 Å². The monoisotopic (exact) mass is 413 g/mol. The summed E-state index contributed by atoms with van der Waals surface area (Å²) in [5.41, 5.74) is -1.81. The Labute approximate surface area is 167 Å². The Kier molecular flexibility index (Phi) is 7.06. The van der Waals surface area contributed by atoms with E-state index in [4.69, 9.17) is 10.00 Å². The van der Waals surface area contributed by atoms with E-state index < -0.39 is 64.9 Å². The molecule has 1 aliphatic carbocycles. The van der Waals surface area contributed by atoms with Crippen molar-refractivity contribution in [3.8, 4) is 6.07 Å². The third-order valence-corrected chi connectivity index (χ3v) is 5.30. The number of nitriles is 1. The van der Waals surface area contributed by atoms with Crippen LogP contribution in [0.15, 0.2) is 11.6 Å². The Morgan fingerprint density at radius 1 is 1.10 bits per heavy atom. The molecule has 0 radical (unpaired) electrons. The van der Waals surface area contributed by atoms with Gasteiger partial charge in [-0.3, -0.25) is 4.79 Å². The van der Waals surface area contributed by atoms with E-state index in [-0.39, 0.29) is 5.92 Å². The molecule has 1 aliphatic rings. The van der Waals surface area contributed by atoms with Gasteiger partial charge in [0.2, 0.25) is 0 Å². The minimum atomic E-state index is -1.62. The summed E-state index contributed by atoms with van der Waals surface area (Å²) in [5, 5.41) is 9.16. The second-order valence-electron chi connectivity index (χ2n) is 7.63. The molecular formula is C21H23F4NO3. The highest BCUT2D eigenvalue weighted by atomic mass is 19.2. The van der Waals surface area contributed by atoms with E-state index in [0.717, 1.165) is 13.5 Å². The smallest absolute Gasteiger partial charge is 0.310 e. The molecule has 29 heavy (non-hydrogen) atoms. The molecule has 4 nitrogen and oxygen atoms in total. The maximum absolute atomic E-state index is 14.2. The zero-order valence-electron chi connectivity index (χ0n) is 16.7. The summed E-state index contributed by atoms with van der Waals surface area (Å²) < 4.78 is 65.8. The number of carbonyl (C=O) groups excluding carboxylic acids is 1. The number of allylic oxidation sites excluding steroid dienone is 2. The molecule has 0 bridgehead atoms. The third kappa shape index (κ3) is 4.45. The highest BCUT2D eigenvalue weighted by Crippen LogP contribution is 2.60. The molecule has 8 heteroatoms. The van der Waals surface area contributed by atoms with Crippen molar-refractivity contribution >= 4 is 5.97 Å². The van der Waals surface area contributed by atoms with Crippen LogP contribution in [0.25, 0.3) is 0 Å². The van der Waals surface area contributed by atoms with Crippen molar-refractivity contribution in [2.75, 3.05) is 7.11 Å². The minimum Gasteiger partial charge on any atom is -0.460 e. The molecule has 1 saturated carbocycles. The average molecular weight is 413 g/mol. The maximum atomic E-state index is 14.2.